The highest BCUT2D eigenvalue weighted by atomic mass is 16.5. The molecule has 0 saturated heterocycles. The minimum absolute atomic E-state index is 0.0484. The van der Waals surface area contributed by atoms with Crippen LogP contribution in [0.2, 0.25) is 0 Å². The average Bonchev–Trinajstić information content (AvgIpc) is 2.69. The largest absolute Gasteiger partial charge is 0.476 e. The molecule has 0 spiro atoms. The van der Waals surface area contributed by atoms with Crippen LogP contribution in [0.3, 0.4) is 0 Å². The summed E-state index contributed by atoms with van der Waals surface area (Å²) in [5.74, 6) is -1.40. The molecule has 8 heteroatoms. The van der Waals surface area contributed by atoms with E-state index in [-0.39, 0.29) is 18.1 Å². The molecule has 0 unspecified atom stereocenters. The summed E-state index contributed by atoms with van der Waals surface area (Å²) < 4.78 is 6.18. The number of hydrogen-bond acceptors (Lipinski definition) is 5. The summed E-state index contributed by atoms with van der Waals surface area (Å²) in [6.07, 6.45) is 0.338. The zero-order valence-corrected chi connectivity index (χ0v) is 10.3. The molecular weight excluding hydrogens is 240 g/mol. The monoisotopic (exact) mass is 256 g/mol. The fourth-order valence-electron chi connectivity index (χ4n) is 1.46. The van der Waals surface area contributed by atoms with Crippen molar-refractivity contribution in [3.8, 4) is 0 Å². The van der Waals surface area contributed by atoms with Crippen molar-refractivity contribution in [3.63, 3.8) is 0 Å². The van der Waals surface area contributed by atoms with E-state index in [1.165, 1.54) is 11.8 Å². The first-order valence-electron chi connectivity index (χ1n) is 5.51. The molecule has 8 nitrogen and oxygen atoms in total. The maximum Gasteiger partial charge on any atom is 0.358 e. The highest BCUT2D eigenvalue weighted by molar-refractivity contribution is 5.86. The van der Waals surface area contributed by atoms with Crippen LogP contribution in [-0.2, 0) is 22.5 Å². The van der Waals surface area contributed by atoms with Crippen LogP contribution in [0, 0.1) is 0 Å². The number of ether oxygens (including phenoxy) is 1. The molecular formula is C10H16N4O4. The summed E-state index contributed by atoms with van der Waals surface area (Å²) >= 11 is 0. The van der Waals surface area contributed by atoms with Crippen molar-refractivity contribution in [2.75, 3.05) is 20.3 Å². The third-order valence-electron chi connectivity index (χ3n) is 2.25. The summed E-state index contributed by atoms with van der Waals surface area (Å²) in [5, 5.41) is 18.8. The van der Waals surface area contributed by atoms with Gasteiger partial charge in [0.05, 0.1) is 12.3 Å². The lowest BCUT2D eigenvalue weighted by molar-refractivity contribution is -0.121. The zero-order chi connectivity index (χ0) is 13.5. The van der Waals surface area contributed by atoms with E-state index in [9.17, 15) is 9.59 Å². The molecule has 18 heavy (non-hydrogen) atoms. The molecule has 0 aliphatic heterocycles. The van der Waals surface area contributed by atoms with Gasteiger partial charge >= 0.3 is 5.97 Å². The Morgan fingerprint density at radius 3 is 2.78 bits per heavy atom. The number of hydrogen-bond donors (Lipinski definition) is 2. The average molecular weight is 256 g/mol. The number of aromatic nitrogens is 3. The Balaban J connectivity index is 2.89. The molecule has 0 radical (unpaired) electrons. The quantitative estimate of drug-likeness (QED) is 0.668. The van der Waals surface area contributed by atoms with Gasteiger partial charge in [-0.05, 0) is 6.92 Å². The van der Waals surface area contributed by atoms with Crippen molar-refractivity contribution in [2.45, 2.75) is 19.9 Å². The second-order valence-corrected chi connectivity index (χ2v) is 3.54. The van der Waals surface area contributed by atoms with Gasteiger partial charge in [0.15, 0.2) is 5.69 Å². The van der Waals surface area contributed by atoms with E-state index in [2.05, 4.69) is 15.6 Å². The Morgan fingerprint density at radius 1 is 1.50 bits per heavy atom. The van der Waals surface area contributed by atoms with Crippen molar-refractivity contribution >= 4 is 11.9 Å². The molecule has 1 aromatic rings. The van der Waals surface area contributed by atoms with Crippen LogP contribution in [0.1, 0.15) is 23.1 Å². The number of carboxylic acids is 1. The highest BCUT2D eigenvalue weighted by Gasteiger charge is 2.19. The minimum atomic E-state index is -1.16. The van der Waals surface area contributed by atoms with Crippen LogP contribution in [0.5, 0.6) is 0 Å². The fraction of sp³-hybridized carbons (Fsp3) is 0.600. The van der Waals surface area contributed by atoms with Crippen LogP contribution >= 0.6 is 0 Å². The molecule has 0 aliphatic carbocycles. The van der Waals surface area contributed by atoms with Crippen molar-refractivity contribution in [1.82, 2.24) is 20.3 Å². The van der Waals surface area contributed by atoms with E-state index in [1.807, 2.05) is 0 Å². The highest BCUT2D eigenvalue weighted by Crippen LogP contribution is 2.07. The first kappa shape index (κ1) is 14.1. The van der Waals surface area contributed by atoms with E-state index in [1.54, 1.807) is 6.92 Å². The molecule has 0 aliphatic rings. The van der Waals surface area contributed by atoms with Gasteiger partial charge in [-0.1, -0.05) is 5.21 Å². The lowest BCUT2D eigenvalue weighted by atomic mass is 10.2. The second kappa shape index (κ2) is 6.70. The van der Waals surface area contributed by atoms with E-state index in [4.69, 9.17) is 9.84 Å². The van der Waals surface area contributed by atoms with Gasteiger partial charge in [0.25, 0.3) is 0 Å². The summed E-state index contributed by atoms with van der Waals surface area (Å²) in [5.41, 5.74) is 0.243. The number of likely N-dealkylation sites (N-methyl/N-ethyl adjacent to an activating group) is 1. The Labute approximate surface area is 104 Å². The van der Waals surface area contributed by atoms with Gasteiger partial charge in [-0.15, -0.1) is 5.10 Å². The molecule has 1 amide bonds. The molecule has 100 valence electrons. The predicted octanol–water partition coefficient (Wildman–Crippen LogP) is -0.699. The third kappa shape index (κ3) is 3.52. The second-order valence-electron chi connectivity index (χ2n) is 3.54. The Kier molecular flexibility index (Phi) is 5.25. The van der Waals surface area contributed by atoms with Gasteiger partial charge in [0, 0.05) is 20.1 Å². The number of carboxylic acid groups (broad SMARTS) is 1. The van der Waals surface area contributed by atoms with Gasteiger partial charge in [0.1, 0.15) is 6.54 Å². The summed E-state index contributed by atoms with van der Waals surface area (Å²) in [4.78, 5) is 22.4. The smallest absolute Gasteiger partial charge is 0.358 e. The Morgan fingerprint density at radius 2 is 2.22 bits per heavy atom. The van der Waals surface area contributed by atoms with Crippen molar-refractivity contribution < 1.29 is 19.4 Å². The SMILES string of the molecule is CCNC(=O)Cn1nnc(C(=O)O)c1CCOC. The van der Waals surface area contributed by atoms with Crippen LogP contribution in [-0.4, -0.2) is 52.2 Å². The number of carbonyl (C=O) groups excluding carboxylic acids is 1. The molecule has 2 N–H and O–H groups in total. The standard InChI is InChI=1S/C10H16N4O4/c1-3-11-8(15)6-14-7(4-5-18-2)9(10(16)17)12-13-14/h3-6H2,1-2H3,(H,11,15)(H,16,17). The summed E-state index contributed by atoms with van der Waals surface area (Å²) in [7, 11) is 1.51. The molecule has 0 bridgehead atoms. The van der Waals surface area contributed by atoms with Crippen LogP contribution in [0.4, 0.5) is 0 Å². The molecule has 1 rings (SSSR count). The van der Waals surface area contributed by atoms with E-state index in [0.29, 0.717) is 25.3 Å². The molecule has 0 atom stereocenters. The first-order valence-corrected chi connectivity index (χ1v) is 5.51. The number of nitrogens with zero attached hydrogens (tertiary/aromatic N) is 3. The van der Waals surface area contributed by atoms with E-state index >= 15 is 0 Å². The van der Waals surface area contributed by atoms with E-state index in [0.717, 1.165) is 0 Å². The normalized spacial score (nSPS) is 10.3. The number of methoxy groups -OCH3 is 1. The van der Waals surface area contributed by atoms with Crippen molar-refractivity contribution in [1.29, 1.82) is 0 Å². The summed E-state index contributed by atoms with van der Waals surface area (Å²) in [6, 6.07) is 0. The molecule has 1 heterocycles. The number of nitrogens with one attached hydrogen (secondary N) is 1. The predicted molar refractivity (Wildman–Crippen MR) is 61.2 cm³/mol. The number of aromatic carboxylic acids is 1. The molecule has 0 fully saturated rings. The van der Waals surface area contributed by atoms with Gasteiger partial charge in [0.2, 0.25) is 5.91 Å². The van der Waals surface area contributed by atoms with Crippen LogP contribution < -0.4 is 5.32 Å². The topological polar surface area (TPSA) is 106 Å². The van der Waals surface area contributed by atoms with Crippen LogP contribution in [0.15, 0.2) is 0 Å². The lowest BCUT2D eigenvalue weighted by Gasteiger charge is -2.06. The van der Waals surface area contributed by atoms with E-state index < -0.39 is 5.97 Å². The third-order valence-corrected chi connectivity index (χ3v) is 2.25. The van der Waals surface area contributed by atoms with Crippen molar-refractivity contribution in [3.05, 3.63) is 11.4 Å². The fourth-order valence-corrected chi connectivity index (χ4v) is 1.46. The minimum Gasteiger partial charge on any atom is -0.476 e. The first-order chi connectivity index (χ1) is 8.60. The maximum absolute atomic E-state index is 11.4. The Hall–Kier alpha value is -1.96. The molecule has 0 aromatic carbocycles. The zero-order valence-electron chi connectivity index (χ0n) is 10.3. The van der Waals surface area contributed by atoms with Gasteiger partial charge < -0.3 is 15.2 Å². The van der Waals surface area contributed by atoms with Crippen molar-refractivity contribution in [2.24, 2.45) is 0 Å². The van der Waals surface area contributed by atoms with Gasteiger partial charge in [-0.2, -0.15) is 0 Å². The number of amides is 1. The number of rotatable bonds is 7. The molecule has 1 aromatic heterocycles. The van der Waals surface area contributed by atoms with Gasteiger partial charge in [-0.25, -0.2) is 9.48 Å². The maximum atomic E-state index is 11.4. The number of carbonyl (C=O) groups is 2. The molecule has 0 saturated carbocycles. The van der Waals surface area contributed by atoms with Gasteiger partial charge in [-0.3, -0.25) is 4.79 Å². The van der Waals surface area contributed by atoms with Crippen LogP contribution in [0.25, 0.3) is 0 Å². The Bertz CT molecular complexity index is 430. The summed E-state index contributed by atoms with van der Waals surface area (Å²) in [6.45, 7) is 2.59. The lowest BCUT2D eigenvalue weighted by Crippen LogP contribution is -2.28.